The zero-order chi connectivity index (χ0) is 19.7. The Bertz CT molecular complexity index is 903. The van der Waals surface area contributed by atoms with Crippen LogP contribution in [0.5, 0.6) is 5.75 Å². The third-order valence-corrected chi connectivity index (χ3v) is 5.37. The fourth-order valence-electron chi connectivity index (χ4n) is 3.99. The van der Waals surface area contributed by atoms with E-state index in [2.05, 4.69) is 10.3 Å². The van der Waals surface area contributed by atoms with Gasteiger partial charge in [-0.3, -0.25) is 14.6 Å². The molecule has 1 aromatic heterocycles. The van der Waals surface area contributed by atoms with Crippen molar-refractivity contribution >= 4 is 11.8 Å². The molecule has 0 radical (unpaired) electrons. The normalized spacial score (nSPS) is 20.6. The SMILES string of the molecule is CC(=O)N1CCC[C@H]1C(=O)NCC1Cc2c(F)ccc(-c3ccncc3)c2O1. The number of halogens is 1. The van der Waals surface area contributed by atoms with Gasteiger partial charge in [0.15, 0.2) is 0 Å². The number of fused-ring (bicyclic) bond motifs is 1. The van der Waals surface area contributed by atoms with Crippen LogP contribution in [-0.2, 0) is 16.0 Å². The van der Waals surface area contributed by atoms with Crippen LogP contribution in [0.4, 0.5) is 4.39 Å². The van der Waals surface area contributed by atoms with Crippen LogP contribution in [-0.4, -0.2) is 46.9 Å². The second-order valence-electron chi connectivity index (χ2n) is 7.20. The first-order chi connectivity index (χ1) is 13.5. The number of nitrogens with zero attached hydrogens (tertiary/aromatic N) is 2. The molecule has 6 nitrogen and oxygen atoms in total. The van der Waals surface area contributed by atoms with E-state index in [9.17, 15) is 14.0 Å². The van der Waals surface area contributed by atoms with Gasteiger partial charge in [-0.15, -0.1) is 0 Å². The molecule has 2 aliphatic rings. The summed E-state index contributed by atoms with van der Waals surface area (Å²) in [6.07, 6.45) is 4.90. The second kappa shape index (κ2) is 7.58. The average molecular weight is 383 g/mol. The lowest BCUT2D eigenvalue weighted by Gasteiger charge is -2.23. The van der Waals surface area contributed by atoms with Crippen LogP contribution < -0.4 is 10.1 Å². The summed E-state index contributed by atoms with van der Waals surface area (Å²) in [4.78, 5) is 29.8. The van der Waals surface area contributed by atoms with E-state index in [1.54, 1.807) is 23.4 Å². The van der Waals surface area contributed by atoms with E-state index < -0.39 is 6.04 Å². The number of carbonyl (C=O) groups is 2. The number of amides is 2. The lowest BCUT2D eigenvalue weighted by atomic mass is 10.0. The van der Waals surface area contributed by atoms with Crippen molar-refractivity contribution in [2.75, 3.05) is 13.1 Å². The number of pyridine rings is 1. The van der Waals surface area contributed by atoms with Gasteiger partial charge in [0.25, 0.3) is 0 Å². The number of likely N-dealkylation sites (tertiary alicyclic amines) is 1. The summed E-state index contributed by atoms with van der Waals surface area (Å²) in [6, 6.07) is 6.42. The van der Waals surface area contributed by atoms with Crippen LogP contribution in [0.2, 0.25) is 0 Å². The number of hydrogen-bond donors (Lipinski definition) is 1. The molecule has 28 heavy (non-hydrogen) atoms. The molecule has 0 spiro atoms. The Hall–Kier alpha value is -2.96. The molecule has 1 saturated heterocycles. The van der Waals surface area contributed by atoms with Crippen LogP contribution in [0.1, 0.15) is 25.3 Å². The van der Waals surface area contributed by atoms with Gasteiger partial charge < -0.3 is 15.0 Å². The van der Waals surface area contributed by atoms with Gasteiger partial charge in [-0.25, -0.2) is 4.39 Å². The van der Waals surface area contributed by atoms with E-state index in [0.29, 0.717) is 30.7 Å². The number of rotatable bonds is 4. The van der Waals surface area contributed by atoms with Crippen molar-refractivity contribution in [2.45, 2.75) is 38.3 Å². The van der Waals surface area contributed by atoms with E-state index in [0.717, 1.165) is 17.5 Å². The summed E-state index contributed by atoms with van der Waals surface area (Å²) < 4.78 is 20.3. The fraction of sp³-hybridized carbons (Fsp3) is 0.381. The predicted octanol–water partition coefficient (Wildman–Crippen LogP) is 2.32. The van der Waals surface area contributed by atoms with Gasteiger partial charge >= 0.3 is 0 Å². The van der Waals surface area contributed by atoms with Gasteiger partial charge in [0, 0.05) is 43.4 Å². The van der Waals surface area contributed by atoms with E-state index in [1.165, 1.54) is 13.0 Å². The van der Waals surface area contributed by atoms with Gasteiger partial charge in [0.05, 0.1) is 6.54 Å². The number of hydrogen-bond acceptors (Lipinski definition) is 4. The van der Waals surface area contributed by atoms with Crippen molar-refractivity contribution in [2.24, 2.45) is 0 Å². The van der Waals surface area contributed by atoms with Crippen LogP contribution in [0.3, 0.4) is 0 Å². The largest absolute Gasteiger partial charge is 0.487 e. The molecule has 2 aliphatic heterocycles. The van der Waals surface area contributed by atoms with Crippen molar-refractivity contribution in [3.63, 3.8) is 0 Å². The maximum atomic E-state index is 14.3. The second-order valence-corrected chi connectivity index (χ2v) is 7.20. The summed E-state index contributed by atoms with van der Waals surface area (Å²) in [6.45, 7) is 2.36. The lowest BCUT2D eigenvalue weighted by molar-refractivity contribution is -0.137. The standard InChI is InChI=1S/C21H22FN3O3/c1-13(26)25-10-2-3-19(25)21(27)24-12-15-11-17-18(22)5-4-16(20(17)28-15)14-6-8-23-9-7-14/h4-9,15,19H,2-3,10-12H2,1H3,(H,24,27)/t15?,19-/m0/s1. The topological polar surface area (TPSA) is 71.5 Å². The Morgan fingerprint density at radius 1 is 1.29 bits per heavy atom. The Balaban J connectivity index is 1.45. The molecule has 146 valence electrons. The number of ether oxygens (including phenoxy) is 1. The Morgan fingerprint density at radius 3 is 2.82 bits per heavy atom. The maximum Gasteiger partial charge on any atom is 0.242 e. The quantitative estimate of drug-likeness (QED) is 0.880. The molecular weight excluding hydrogens is 361 g/mol. The fourth-order valence-corrected chi connectivity index (χ4v) is 3.99. The average Bonchev–Trinajstić information content (AvgIpc) is 3.35. The summed E-state index contributed by atoms with van der Waals surface area (Å²) in [5.41, 5.74) is 2.24. The van der Waals surface area contributed by atoms with E-state index in [-0.39, 0.29) is 30.3 Å². The summed E-state index contributed by atoms with van der Waals surface area (Å²) in [5.74, 6) is -0.0508. The summed E-state index contributed by atoms with van der Waals surface area (Å²) in [5, 5.41) is 2.87. The Labute approximate surface area is 162 Å². The molecule has 4 rings (SSSR count). The highest BCUT2D eigenvalue weighted by Gasteiger charge is 2.34. The minimum absolute atomic E-state index is 0.0914. The first kappa shape index (κ1) is 18.4. The van der Waals surface area contributed by atoms with Crippen LogP contribution in [0.25, 0.3) is 11.1 Å². The van der Waals surface area contributed by atoms with Gasteiger partial charge in [0.1, 0.15) is 23.7 Å². The minimum atomic E-state index is -0.426. The highest BCUT2D eigenvalue weighted by Crippen LogP contribution is 2.40. The van der Waals surface area contributed by atoms with E-state index in [4.69, 9.17) is 4.74 Å². The number of benzene rings is 1. The molecule has 7 heteroatoms. The molecule has 1 fully saturated rings. The molecule has 0 bridgehead atoms. The van der Waals surface area contributed by atoms with Gasteiger partial charge in [-0.05, 0) is 42.7 Å². The molecule has 2 aromatic rings. The molecule has 1 unspecified atom stereocenters. The smallest absolute Gasteiger partial charge is 0.242 e. The van der Waals surface area contributed by atoms with Gasteiger partial charge in [-0.2, -0.15) is 0 Å². The zero-order valence-electron chi connectivity index (χ0n) is 15.7. The number of nitrogens with one attached hydrogen (secondary N) is 1. The molecule has 0 saturated carbocycles. The molecule has 1 aromatic carbocycles. The highest BCUT2D eigenvalue weighted by atomic mass is 19.1. The van der Waals surface area contributed by atoms with Crippen LogP contribution in [0, 0.1) is 5.82 Å². The van der Waals surface area contributed by atoms with Crippen molar-refractivity contribution < 1.29 is 18.7 Å². The van der Waals surface area contributed by atoms with Gasteiger partial charge in [0.2, 0.25) is 11.8 Å². The molecule has 1 N–H and O–H groups in total. The third-order valence-electron chi connectivity index (χ3n) is 5.37. The first-order valence-corrected chi connectivity index (χ1v) is 9.48. The Morgan fingerprint density at radius 2 is 2.07 bits per heavy atom. The summed E-state index contributed by atoms with van der Waals surface area (Å²) in [7, 11) is 0. The zero-order valence-corrected chi connectivity index (χ0v) is 15.7. The molecule has 2 amide bonds. The Kier molecular flexibility index (Phi) is 4.98. The minimum Gasteiger partial charge on any atom is -0.487 e. The van der Waals surface area contributed by atoms with E-state index in [1.807, 2.05) is 12.1 Å². The van der Waals surface area contributed by atoms with Crippen LogP contribution in [0.15, 0.2) is 36.7 Å². The lowest BCUT2D eigenvalue weighted by Crippen LogP contribution is -2.47. The van der Waals surface area contributed by atoms with E-state index >= 15 is 0 Å². The highest BCUT2D eigenvalue weighted by molar-refractivity contribution is 5.87. The maximum absolute atomic E-state index is 14.3. The van der Waals surface area contributed by atoms with Gasteiger partial charge in [-0.1, -0.05) is 0 Å². The van der Waals surface area contributed by atoms with Crippen LogP contribution >= 0.6 is 0 Å². The summed E-state index contributed by atoms with van der Waals surface area (Å²) >= 11 is 0. The number of carbonyl (C=O) groups excluding carboxylic acids is 2. The number of aromatic nitrogens is 1. The third kappa shape index (κ3) is 3.44. The first-order valence-electron chi connectivity index (χ1n) is 9.48. The van der Waals surface area contributed by atoms with Crippen molar-refractivity contribution in [1.29, 1.82) is 0 Å². The molecular formula is C21H22FN3O3. The van der Waals surface area contributed by atoms with Crippen molar-refractivity contribution in [3.8, 4) is 16.9 Å². The monoisotopic (exact) mass is 383 g/mol. The molecule has 0 aliphatic carbocycles. The van der Waals surface area contributed by atoms with Crippen molar-refractivity contribution in [1.82, 2.24) is 15.2 Å². The van der Waals surface area contributed by atoms with Crippen molar-refractivity contribution in [3.05, 3.63) is 48.0 Å². The molecule has 3 heterocycles. The predicted molar refractivity (Wildman–Crippen MR) is 101 cm³/mol. The molecule has 2 atom stereocenters.